The Labute approximate surface area is 124 Å². The molecule has 2 saturated carbocycles. The van der Waals surface area contributed by atoms with Crippen molar-refractivity contribution in [3.63, 3.8) is 0 Å². The highest BCUT2D eigenvalue weighted by Crippen LogP contribution is 2.34. The molecule has 2 aliphatic carbocycles. The third-order valence-corrected chi connectivity index (χ3v) is 5.45. The van der Waals surface area contributed by atoms with Crippen molar-refractivity contribution < 1.29 is 10.2 Å². The summed E-state index contributed by atoms with van der Waals surface area (Å²) < 4.78 is 0. The SMILES string of the molecule is CCCC1CCC(O)C(CN(CCO)C2CCCC2)C1. The fourth-order valence-corrected chi connectivity index (χ4v) is 4.33. The summed E-state index contributed by atoms with van der Waals surface area (Å²) in [5, 5.41) is 19.7. The van der Waals surface area contributed by atoms with Crippen LogP contribution in [0.2, 0.25) is 0 Å². The molecule has 0 radical (unpaired) electrons. The average molecular weight is 283 g/mol. The lowest BCUT2D eigenvalue weighted by atomic mass is 9.77. The van der Waals surface area contributed by atoms with E-state index in [0.29, 0.717) is 12.0 Å². The van der Waals surface area contributed by atoms with Crippen molar-refractivity contribution >= 4 is 0 Å². The fourth-order valence-electron chi connectivity index (χ4n) is 4.33. The predicted molar refractivity (Wildman–Crippen MR) is 82.7 cm³/mol. The van der Waals surface area contributed by atoms with Gasteiger partial charge in [-0.2, -0.15) is 0 Å². The van der Waals surface area contributed by atoms with Gasteiger partial charge in [-0.1, -0.05) is 32.6 Å². The molecule has 0 aromatic heterocycles. The molecule has 0 spiro atoms. The molecule has 0 heterocycles. The van der Waals surface area contributed by atoms with Gasteiger partial charge in [0.05, 0.1) is 12.7 Å². The molecule has 20 heavy (non-hydrogen) atoms. The molecular weight excluding hydrogens is 250 g/mol. The first-order valence-electron chi connectivity index (χ1n) is 8.77. The van der Waals surface area contributed by atoms with Crippen molar-refractivity contribution in [1.82, 2.24) is 4.90 Å². The maximum atomic E-state index is 10.3. The third-order valence-electron chi connectivity index (χ3n) is 5.45. The van der Waals surface area contributed by atoms with Crippen molar-refractivity contribution in [3.05, 3.63) is 0 Å². The van der Waals surface area contributed by atoms with Crippen LogP contribution in [0.5, 0.6) is 0 Å². The largest absolute Gasteiger partial charge is 0.395 e. The van der Waals surface area contributed by atoms with Gasteiger partial charge >= 0.3 is 0 Å². The summed E-state index contributed by atoms with van der Waals surface area (Å²) >= 11 is 0. The Morgan fingerprint density at radius 1 is 1.10 bits per heavy atom. The van der Waals surface area contributed by atoms with Crippen LogP contribution in [0.25, 0.3) is 0 Å². The van der Waals surface area contributed by atoms with E-state index < -0.39 is 0 Å². The number of rotatable bonds is 7. The Balaban J connectivity index is 1.89. The van der Waals surface area contributed by atoms with Crippen molar-refractivity contribution in [3.8, 4) is 0 Å². The van der Waals surface area contributed by atoms with Gasteiger partial charge in [0, 0.05) is 19.1 Å². The molecule has 2 N–H and O–H groups in total. The van der Waals surface area contributed by atoms with Gasteiger partial charge in [-0.3, -0.25) is 4.90 Å². The smallest absolute Gasteiger partial charge is 0.0580 e. The summed E-state index contributed by atoms with van der Waals surface area (Å²) in [5.74, 6) is 1.24. The molecule has 2 aliphatic rings. The zero-order valence-electron chi connectivity index (χ0n) is 13.1. The minimum absolute atomic E-state index is 0.120. The highest BCUT2D eigenvalue weighted by atomic mass is 16.3. The Morgan fingerprint density at radius 3 is 2.50 bits per heavy atom. The molecule has 2 rings (SSSR count). The zero-order chi connectivity index (χ0) is 14.4. The summed E-state index contributed by atoms with van der Waals surface area (Å²) in [6.45, 7) is 4.28. The van der Waals surface area contributed by atoms with Gasteiger partial charge < -0.3 is 10.2 Å². The fraction of sp³-hybridized carbons (Fsp3) is 1.00. The second-order valence-corrected chi connectivity index (χ2v) is 6.95. The summed E-state index contributed by atoms with van der Waals surface area (Å²) in [7, 11) is 0. The van der Waals surface area contributed by atoms with Crippen molar-refractivity contribution in [2.75, 3.05) is 19.7 Å². The Morgan fingerprint density at radius 2 is 1.85 bits per heavy atom. The molecule has 0 aliphatic heterocycles. The van der Waals surface area contributed by atoms with Gasteiger partial charge in [-0.15, -0.1) is 0 Å². The molecule has 2 fully saturated rings. The van der Waals surface area contributed by atoms with E-state index in [1.54, 1.807) is 0 Å². The maximum absolute atomic E-state index is 10.3. The van der Waals surface area contributed by atoms with E-state index in [-0.39, 0.29) is 12.7 Å². The standard InChI is InChI=1S/C17H33NO2/c1-2-5-14-8-9-17(20)15(12-14)13-18(10-11-19)16-6-3-4-7-16/h14-17,19-20H,2-13H2,1H3. The first-order chi connectivity index (χ1) is 9.74. The average Bonchev–Trinajstić information content (AvgIpc) is 2.96. The van der Waals surface area contributed by atoms with E-state index in [4.69, 9.17) is 0 Å². The van der Waals surface area contributed by atoms with Crippen molar-refractivity contribution in [1.29, 1.82) is 0 Å². The number of aliphatic hydroxyl groups excluding tert-OH is 2. The Bertz CT molecular complexity index is 266. The summed E-state index contributed by atoms with van der Waals surface area (Å²) in [6.07, 6.45) is 11.0. The molecule has 0 bridgehead atoms. The first kappa shape index (κ1) is 16.3. The van der Waals surface area contributed by atoms with Crippen LogP contribution in [0.4, 0.5) is 0 Å². The monoisotopic (exact) mass is 283 g/mol. The Kier molecular flexibility index (Phi) is 6.79. The van der Waals surface area contributed by atoms with Gasteiger partial charge in [-0.25, -0.2) is 0 Å². The normalized spacial score (nSPS) is 32.1. The van der Waals surface area contributed by atoms with E-state index in [2.05, 4.69) is 11.8 Å². The lowest BCUT2D eigenvalue weighted by Gasteiger charge is -2.38. The van der Waals surface area contributed by atoms with E-state index in [1.807, 2.05) is 0 Å². The molecular formula is C17H33NO2. The topological polar surface area (TPSA) is 43.7 Å². The van der Waals surface area contributed by atoms with Crippen LogP contribution in [-0.2, 0) is 0 Å². The quantitative estimate of drug-likeness (QED) is 0.755. The molecule has 0 amide bonds. The molecule has 3 nitrogen and oxygen atoms in total. The van der Waals surface area contributed by atoms with Gasteiger partial charge in [-0.05, 0) is 43.9 Å². The zero-order valence-corrected chi connectivity index (χ0v) is 13.1. The summed E-state index contributed by atoms with van der Waals surface area (Å²) in [4.78, 5) is 2.47. The predicted octanol–water partition coefficient (Wildman–Crippen LogP) is 2.80. The van der Waals surface area contributed by atoms with Gasteiger partial charge in [0.25, 0.3) is 0 Å². The molecule has 0 saturated heterocycles. The van der Waals surface area contributed by atoms with Gasteiger partial charge in [0.2, 0.25) is 0 Å². The summed E-state index contributed by atoms with van der Waals surface area (Å²) in [5.41, 5.74) is 0. The lowest BCUT2D eigenvalue weighted by Crippen LogP contribution is -2.44. The minimum Gasteiger partial charge on any atom is -0.395 e. The van der Waals surface area contributed by atoms with Crippen LogP contribution in [-0.4, -0.2) is 47.0 Å². The van der Waals surface area contributed by atoms with E-state index in [0.717, 1.165) is 25.4 Å². The number of nitrogens with zero attached hydrogens (tertiary/aromatic N) is 1. The highest BCUT2D eigenvalue weighted by Gasteiger charge is 2.32. The highest BCUT2D eigenvalue weighted by molar-refractivity contribution is 4.85. The van der Waals surface area contributed by atoms with E-state index in [1.165, 1.54) is 51.4 Å². The molecule has 3 unspecified atom stereocenters. The minimum atomic E-state index is -0.120. The van der Waals surface area contributed by atoms with Crippen LogP contribution < -0.4 is 0 Å². The first-order valence-corrected chi connectivity index (χ1v) is 8.77. The van der Waals surface area contributed by atoms with Crippen molar-refractivity contribution in [2.24, 2.45) is 11.8 Å². The van der Waals surface area contributed by atoms with Crippen LogP contribution >= 0.6 is 0 Å². The number of hydrogen-bond acceptors (Lipinski definition) is 3. The van der Waals surface area contributed by atoms with Gasteiger partial charge in [0.15, 0.2) is 0 Å². The molecule has 0 aromatic carbocycles. The molecule has 3 heteroatoms. The second-order valence-electron chi connectivity index (χ2n) is 6.95. The molecule has 118 valence electrons. The van der Waals surface area contributed by atoms with Crippen LogP contribution in [0.3, 0.4) is 0 Å². The van der Waals surface area contributed by atoms with Crippen LogP contribution in [0.15, 0.2) is 0 Å². The lowest BCUT2D eigenvalue weighted by molar-refractivity contribution is 0.0138. The van der Waals surface area contributed by atoms with E-state index in [9.17, 15) is 10.2 Å². The maximum Gasteiger partial charge on any atom is 0.0580 e. The summed E-state index contributed by atoms with van der Waals surface area (Å²) in [6, 6.07) is 0.654. The number of hydrogen-bond donors (Lipinski definition) is 2. The third kappa shape index (κ3) is 4.44. The molecule has 3 atom stereocenters. The number of aliphatic hydroxyl groups is 2. The van der Waals surface area contributed by atoms with Gasteiger partial charge in [0.1, 0.15) is 0 Å². The van der Waals surface area contributed by atoms with Crippen LogP contribution in [0.1, 0.15) is 64.7 Å². The van der Waals surface area contributed by atoms with Crippen LogP contribution in [0, 0.1) is 11.8 Å². The molecule has 0 aromatic rings. The second kappa shape index (κ2) is 8.35. The van der Waals surface area contributed by atoms with E-state index >= 15 is 0 Å². The van der Waals surface area contributed by atoms with Crippen molar-refractivity contribution in [2.45, 2.75) is 76.9 Å². The Hall–Kier alpha value is -0.120.